The van der Waals surface area contributed by atoms with Gasteiger partial charge in [-0.2, -0.15) is 26.3 Å². The first-order chi connectivity index (χ1) is 24.4. The maximum absolute atomic E-state index is 13.8. The van der Waals surface area contributed by atoms with Crippen LogP contribution in [0.25, 0.3) is 0 Å². The molecule has 3 aromatic rings. The third kappa shape index (κ3) is 8.27. The summed E-state index contributed by atoms with van der Waals surface area (Å²) >= 11 is 0. The highest BCUT2D eigenvalue weighted by atomic mass is 19.4. The number of halogens is 6. The fourth-order valence-electron chi connectivity index (χ4n) is 6.84. The van der Waals surface area contributed by atoms with E-state index in [2.05, 4.69) is 15.2 Å². The number of fused-ring (bicyclic) bond motifs is 1. The third-order valence-corrected chi connectivity index (χ3v) is 9.35. The van der Waals surface area contributed by atoms with Crippen LogP contribution < -0.4 is 20.0 Å². The molecule has 3 aliphatic rings. The Bertz CT molecular complexity index is 1660. The molecule has 2 aromatic carbocycles. The minimum absolute atomic E-state index is 0.120. The van der Waals surface area contributed by atoms with Gasteiger partial charge >= 0.3 is 18.4 Å². The average molecular weight is 723 g/mol. The number of ether oxygens (including phenoxy) is 3. The number of alkyl halides is 6. The highest BCUT2D eigenvalue weighted by molar-refractivity contribution is 5.91. The summed E-state index contributed by atoms with van der Waals surface area (Å²) in [5.74, 6) is 0.150. The number of nitrogens with zero attached hydrogens (tertiary/aromatic N) is 5. The maximum Gasteiger partial charge on any atom is 0.416 e. The first kappa shape index (κ1) is 36.5. The number of anilines is 4. The van der Waals surface area contributed by atoms with Gasteiger partial charge in [-0.3, -0.25) is 4.90 Å². The number of benzene rings is 2. The summed E-state index contributed by atoms with van der Waals surface area (Å²) in [5, 5.41) is 3.40. The van der Waals surface area contributed by atoms with Crippen molar-refractivity contribution in [2.45, 2.75) is 57.5 Å². The van der Waals surface area contributed by atoms with E-state index in [1.165, 1.54) is 0 Å². The normalized spacial score (nSPS) is 19.9. The number of carbonyl (C=O) groups is 1. The fourth-order valence-corrected chi connectivity index (χ4v) is 6.84. The van der Waals surface area contributed by atoms with Gasteiger partial charge in [0.15, 0.2) is 0 Å². The molecule has 0 saturated carbocycles. The zero-order valence-corrected chi connectivity index (χ0v) is 28.3. The first-order valence-corrected chi connectivity index (χ1v) is 17.0. The van der Waals surface area contributed by atoms with Crippen molar-refractivity contribution in [3.05, 3.63) is 70.5 Å². The Morgan fingerprint density at radius 1 is 0.882 bits per heavy atom. The molecule has 276 valence electrons. The molecule has 0 spiro atoms. The molecule has 0 bridgehead atoms. The predicted molar refractivity (Wildman–Crippen MR) is 178 cm³/mol. The predicted octanol–water partition coefficient (Wildman–Crippen LogP) is 7.08. The van der Waals surface area contributed by atoms with Crippen molar-refractivity contribution in [1.82, 2.24) is 9.97 Å². The van der Waals surface area contributed by atoms with Gasteiger partial charge in [-0.15, -0.1) is 0 Å². The van der Waals surface area contributed by atoms with Gasteiger partial charge in [0.25, 0.3) is 0 Å². The molecule has 10 nitrogen and oxygen atoms in total. The number of nitrogens with one attached hydrogen (secondary N) is 1. The standard InChI is InChI=1S/C35H40F6N6O4/c1-3-25-20-28(27-19-26(45-7-11-49-12-8-45)5-6-30(27)47(25)33(48)51-4-2)43-32-42-21-31(46-9-13-50-14-10-46)29(44-32)17-22-15-23(34(36,37)38)18-24(16-22)35(39,40)41/h5-6,15-16,18-19,21,25,28H,3-4,7-14,17,20H2,1-2H3,(H,42,43,44). The van der Waals surface area contributed by atoms with Crippen molar-refractivity contribution >= 4 is 29.1 Å². The highest BCUT2D eigenvalue weighted by Crippen LogP contribution is 2.43. The molecular formula is C35H40F6N6O4. The van der Waals surface area contributed by atoms with Gasteiger partial charge in [0.1, 0.15) is 0 Å². The van der Waals surface area contributed by atoms with E-state index in [0.29, 0.717) is 76.8 Å². The van der Waals surface area contributed by atoms with Gasteiger partial charge in [-0.25, -0.2) is 14.8 Å². The zero-order valence-electron chi connectivity index (χ0n) is 28.3. The Morgan fingerprint density at radius 2 is 1.51 bits per heavy atom. The molecule has 1 N–H and O–H groups in total. The summed E-state index contributed by atoms with van der Waals surface area (Å²) in [6.07, 6.45) is -8.12. The van der Waals surface area contributed by atoms with Crippen molar-refractivity contribution in [2.75, 3.05) is 79.2 Å². The number of rotatable bonds is 8. The van der Waals surface area contributed by atoms with Gasteiger partial charge in [0, 0.05) is 49.9 Å². The van der Waals surface area contributed by atoms with E-state index in [1.54, 1.807) is 18.0 Å². The Hall–Kier alpha value is -4.31. The van der Waals surface area contributed by atoms with Crippen molar-refractivity contribution in [2.24, 2.45) is 0 Å². The van der Waals surface area contributed by atoms with Gasteiger partial charge in [-0.05, 0) is 61.7 Å². The largest absolute Gasteiger partial charge is 0.449 e. The number of aromatic nitrogens is 2. The van der Waals surface area contributed by atoms with Gasteiger partial charge in [0.05, 0.1) is 73.5 Å². The quantitative estimate of drug-likeness (QED) is 0.245. The third-order valence-electron chi connectivity index (χ3n) is 9.35. The lowest BCUT2D eigenvalue weighted by Gasteiger charge is -2.41. The van der Waals surface area contributed by atoms with Gasteiger partial charge in [0.2, 0.25) is 5.95 Å². The molecule has 51 heavy (non-hydrogen) atoms. The summed E-state index contributed by atoms with van der Waals surface area (Å²) in [5.41, 5.74) is 0.191. The topological polar surface area (TPSA) is 92.3 Å². The number of hydrogen-bond acceptors (Lipinski definition) is 9. The van der Waals surface area contributed by atoms with E-state index in [-0.39, 0.29) is 42.3 Å². The SMILES string of the molecule is CCOC(=O)N1c2ccc(N3CCOCC3)cc2C(Nc2ncc(N3CCOCC3)c(Cc3cc(C(F)(F)F)cc(C(F)(F)F)c3)n2)CC1CC. The Kier molecular flexibility index (Phi) is 10.8. The molecule has 2 atom stereocenters. The van der Waals surface area contributed by atoms with E-state index in [1.807, 2.05) is 30.0 Å². The number of carbonyl (C=O) groups excluding carboxylic acids is 1. The minimum Gasteiger partial charge on any atom is -0.449 e. The molecule has 6 rings (SSSR count). The van der Waals surface area contributed by atoms with E-state index in [4.69, 9.17) is 19.2 Å². The zero-order chi connectivity index (χ0) is 36.3. The van der Waals surface area contributed by atoms with Crippen LogP contribution in [-0.4, -0.2) is 81.3 Å². The van der Waals surface area contributed by atoms with Crippen molar-refractivity contribution in [3.8, 4) is 0 Å². The monoisotopic (exact) mass is 722 g/mol. The minimum atomic E-state index is -4.98. The van der Waals surface area contributed by atoms with Gasteiger partial charge < -0.3 is 29.3 Å². The van der Waals surface area contributed by atoms with Crippen LogP contribution in [-0.2, 0) is 33.0 Å². The average Bonchev–Trinajstić information content (AvgIpc) is 3.11. The van der Waals surface area contributed by atoms with Crippen LogP contribution in [0.2, 0.25) is 0 Å². The van der Waals surface area contributed by atoms with Crippen molar-refractivity contribution in [1.29, 1.82) is 0 Å². The van der Waals surface area contributed by atoms with Crippen LogP contribution in [0.1, 0.15) is 60.7 Å². The second-order valence-electron chi connectivity index (χ2n) is 12.6. The molecule has 0 aliphatic carbocycles. The van der Waals surface area contributed by atoms with E-state index in [9.17, 15) is 31.1 Å². The lowest BCUT2D eigenvalue weighted by Crippen LogP contribution is -2.46. The summed E-state index contributed by atoms with van der Waals surface area (Å²) in [6, 6.07) is 6.80. The fraction of sp³-hybridized carbons (Fsp3) is 0.514. The van der Waals surface area contributed by atoms with Crippen molar-refractivity contribution < 1.29 is 45.3 Å². The van der Waals surface area contributed by atoms with E-state index < -0.39 is 35.6 Å². The molecule has 16 heteroatoms. The summed E-state index contributed by atoms with van der Waals surface area (Å²) in [7, 11) is 0. The molecule has 2 saturated heterocycles. The highest BCUT2D eigenvalue weighted by Gasteiger charge is 2.39. The molecule has 0 radical (unpaired) electrons. The summed E-state index contributed by atoms with van der Waals surface area (Å²) in [6.45, 7) is 8.13. The molecule has 1 amide bonds. The van der Waals surface area contributed by atoms with Crippen LogP contribution in [0.5, 0.6) is 0 Å². The molecule has 2 unspecified atom stereocenters. The molecular weight excluding hydrogens is 682 g/mol. The summed E-state index contributed by atoms with van der Waals surface area (Å²) < 4.78 is 98.9. The lowest BCUT2D eigenvalue weighted by atomic mass is 9.89. The number of amides is 1. The number of hydrogen-bond donors (Lipinski definition) is 1. The van der Waals surface area contributed by atoms with E-state index in [0.717, 1.165) is 23.4 Å². The Morgan fingerprint density at radius 3 is 2.10 bits per heavy atom. The van der Waals surface area contributed by atoms with E-state index >= 15 is 0 Å². The molecule has 4 heterocycles. The second kappa shape index (κ2) is 15.1. The van der Waals surface area contributed by atoms with Gasteiger partial charge in [-0.1, -0.05) is 6.92 Å². The summed E-state index contributed by atoms with van der Waals surface area (Å²) in [4.78, 5) is 28.3. The van der Waals surface area contributed by atoms with Crippen LogP contribution in [0, 0.1) is 0 Å². The molecule has 1 aromatic heterocycles. The van der Waals surface area contributed by atoms with Crippen LogP contribution in [0.4, 0.5) is 54.1 Å². The Balaban J connectivity index is 1.40. The lowest BCUT2D eigenvalue weighted by molar-refractivity contribution is -0.143. The maximum atomic E-state index is 13.8. The second-order valence-corrected chi connectivity index (χ2v) is 12.6. The Labute approximate surface area is 291 Å². The van der Waals surface area contributed by atoms with Crippen LogP contribution in [0.15, 0.2) is 42.6 Å². The van der Waals surface area contributed by atoms with Crippen LogP contribution >= 0.6 is 0 Å². The number of morpholine rings is 2. The smallest absolute Gasteiger partial charge is 0.416 e. The molecule has 3 aliphatic heterocycles. The molecule has 2 fully saturated rings. The van der Waals surface area contributed by atoms with Crippen LogP contribution in [0.3, 0.4) is 0 Å². The first-order valence-electron chi connectivity index (χ1n) is 17.0. The van der Waals surface area contributed by atoms with Crippen molar-refractivity contribution in [3.63, 3.8) is 0 Å².